The molecule has 3 aromatic carbocycles. The summed E-state index contributed by atoms with van der Waals surface area (Å²) in [4.78, 5) is 20.0. The molecule has 0 spiro atoms. The van der Waals surface area contributed by atoms with Gasteiger partial charge < -0.3 is 15.0 Å². The SMILES string of the molecule is CN(C)c1c(C(=O)N[C@H]2CCOc3ccccc32)ncc2c(-c3cc(Cl)cc(Cl)c3)cccc12. The van der Waals surface area contributed by atoms with Crippen LogP contribution in [0, 0.1) is 0 Å². The number of rotatable bonds is 4. The number of anilines is 1. The van der Waals surface area contributed by atoms with Crippen LogP contribution in [-0.2, 0) is 0 Å². The van der Waals surface area contributed by atoms with E-state index in [0.29, 0.717) is 28.8 Å². The molecule has 0 fully saturated rings. The molecule has 1 atom stereocenters. The van der Waals surface area contributed by atoms with Crippen LogP contribution in [0.15, 0.2) is 66.9 Å². The summed E-state index contributed by atoms with van der Waals surface area (Å²) >= 11 is 12.5. The van der Waals surface area contributed by atoms with Crippen molar-refractivity contribution in [1.29, 1.82) is 0 Å². The van der Waals surface area contributed by atoms with Gasteiger partial charge in [-0.15, -0.1) is 0 Å². The third-order valence-corrected chi connectivity index (χ3v) is 6.44. The van der Waals surface area contributed by atoms with Crippen LogP contribution in [-0.4, -0.2) is 31.6 Å². The zero-order valence-electron chi connectivity index (χ0n) is 18.8. The Labute approximate surface area is 208 Å². The predicted molar refractivity (Wildman–Crippen MR) is 138 cm³/mol. The van der Waals surface area contributed by atoms with E-state index in [2.05, 4.69) is 10.3 Å². The second kappa shape index (κ2) is 9.16. The van der Waals surface area contributed by atoms with Crippen LogP contribution in [0.4, 0.5) is 5.69 Å². The Morgan fingerprint density at radius 2 is 1.79 bits per heavy atom. The zero-order chi connectivity index (χ0) is 23.8. The van der Waals surface area contributed by atoms with E-state index >= 15 is 0 Å². The number of hydrogen-bond donors (Lipinski definition) is 1. The predicted octanol–water partition coefficient (Wildman–Crippen LogP) is 6.53. The summed E-state index contributed by atoms with van der Waals surface area (Å²) in [5, 5.41) is 6.13. The highest BCUT2D eigenvalue weighted by molar-refractivity contribution is 6.35. The standard InChI is InChI=1S/C27H23Cl2N3O2/c1-32(2)26-20-8-5-7-19(16-12-17(28)14-18(29)13-16)22(20)15-30-25(26)27(33)31-23-10-11-34-24-9-4-3-6-21(23)24/h3-9,12-15,23H,10-11H2,1-2H3,(H,31,33)/t23-/m0/s1. The molecule has 5 rings (SSSR count). The molecule has 1 amide bonds. The van der Waals surface area contributed by atoms with E-state index in [1.165, 1.54) is 0 Å². The average Bonchev–Trinajstić information content (AvgIpc) is 2.82. The largest absolute Gasteiger partial charge is 0.493 e. The van der Waals surface area contributed by atoms with Gasteiger partial charge in [0.25, 0.3) is 5.91 Å². The minimum Gasteiger partial charge on any atom is -0.493 e. The maximum Gasteiger partial charge on any atom is 0.272 e. The van der Waals surface area contributed by atoms with Crippen molar-refractivity contribution in [3.8, 4) is 16.9 Å². The van der Waals surface area contributed by atoms with Crippen LogP contribution >= 0.6 is 23.2 Å². The number of carbonyl (C=O) groups excluding carboxylic acids is 1. The molecule has 1 aliphatic heterocycles. The molecule has 5 nitrogen and oxygen atoms in total. The maximum absolute atomic E-state index is 13.5. The Bertz CT molecular complexity index is 1380. The molecule has 7 heteroatoms. The first-order chi connectivity index (χ1) is 16.4. The number of aromatic nitrogens is 1. The molecule has 34 heavy (non-hydrogen) atoms. The summed E-state index contributed by atoms with van der Waals surface area (Å²) in [6.07, 6.45) is 2.45. The number of nitrogens with zero attached hydrogens (tertiary/aromatic N) is 2. The monoisotopic (exact) mass is 491 g/mol. The summed E-state index contributed by atoms with van der Waals surface area (Å²) in [5.41, 5.74) is 3.95. The summed E-state index contributed by atoms with van der Waals surface area (Å²) < 4.78 is 5.74. The number of ether oxygens (including phenoxy) is 1. The minimum absolute atomic E-state index is 0.134. The van der Waals surface area contributed by atoms with Gasteiger partial charge >= 0.3 is 0 Å². The van der Waals surface area contributed by atoms with Crippen molar-refractivity contribution in [2.24, 2.45) is 0 Å². The summed E-state index contributed by atoms with van der Waals surface area (Å²) in [6, 6.07) is 19.1. The summed E-state index contributed by atoms with van der Waals surface area (Å²) in [5.74, 6) is 0.590. The quantitative estimate of drug-likeness (QED) is 0.352. The van der Waals surface area contributed by atoms with Gasteiger partial charge in [-0.2, -0.15) is 0 Å². The second-order valence-electron chi connectivity index (χ2n) is 8.48. The zero-order valence-corrected chi connectivity index (χ0v) is 20.3. The third-order valence-electron chi connectivity index (χ3n) is 6.01. The first kappa shape index (κ1) is 22.5. The third kappa shape index (κ3) is 4.17. The summed E-state index contributed by atoms with van der Waals surface area (Å²) in [6.45, 7) is 0.555. The average molecular weight is 492 g/mol. The molecule has 2 heterocycles. The number of halogens is 2. The van der Waals surface area contributed by atoms with Crippen LogP contribution in [0.5, 0.6) is 5.75 Å². The Balaban J connectivity index is 1.58. The molecule has 0 saturated heterocycles. The number of pyridine rings is 1. The highest BCUT2D eigenvalue weighted by atomic mass is 35.5. The normalized spacial score (nSPS) is 14.9. The van der Waals surface area contributed by atoms with Gasteiger partial charge in [-0.1, -0.05) is 59.6 Å². The second-order valence-corrected chi connectivity index (χ2v) is 9.35. The van der Waals surface area contributed by atoms with Crippen LogP contribution in [0.1, 0.15) is 28.5 Å². The molecule has 0 saturated carbocycles. The molecular weight excluding hydrogens is 469 g/mol. The lowest BCUT2D eigenvalue weighted by Gasteiger charge is -2.27. The number of fused-ring (bicyclic) bond motifs is 2. The number of carbonyl (C=O) groups is 1. The highest BCUT2D eigenvalue weighted by Crippen LogP contribution is 2.37. The van der Waals surface area contributed by atoms with Crippen LogP contribution < -0.4 is 15.0 Å². The van der Waals surface area contributed by atoms with Gasteiger partial charge in [-0.05, 0) is 35.4 Å². The van der Waals surface area contributed by atoms with Crippen molar-refractivity contribution in [2.75, 3.05) is 25.6 Å². The Morgan fingerprint density at radius 3 is 2.56 bits per heavy atom. The van der Waals surface area contributed by atoms with Gasteiger partial charge in [0.15, 0.2) is 5.69 Å². The van der Waals surface area contributed by atoms with Gasteiger partial charge in [-0.25, -0.2) is 4.98 Å². The van der Waals surface area contributed by atoms with E-state index in [9.17, 15) is 4.79 Å². The van der Waals surface area contributed by atoms with Crippen LogP contribution in [0.3, 0.4) is 0 Å². The Hall–Kier alpha value is -3.28. The van der Waals surface area contributed by atoms with E-state index in [-0.39, 0.29) is 11.9 Å². The van der Waals surface area contributed by atoms with Crippen molar-refractivity contribution in [3.63, 3.8) is 0 Å². The lowest BCUT2D eigenvalue weighted by Crippen LogP contribution is -2.33. The first-order valence-electron chi connectivity index (χ1n) is 11.0. The van der Waals surface area contributed by atoms with Crippen molar-refractivity contribution in [1.82, 2.24) is 10.3 Å². The first-order valence-corrected chi connectivity index (χ1v) is 11.8. The molecule has 1 N–H and O–H groups in total. The minimum atomic E-state index is -0.219. The topological polar surface area (TPSA) is 54.5 Å². The van der Waals surface area contributed by atoms with Gasteiger partial charge in [-0.3, -0.25) is 4.79 Å². The van der Waals surface area contributed by atoms with Crippen LogP contribution in [0.25, 0.3) is 21.9 Å². The van der Waals surface area contributed by atoms with E-state index in [1.807, 2.05) is 73.6 Å². The molecule has 1 aromatic heterocycles. The van der Waals surface area contributed by atoms with Crippen molar-refractivity contribution in [2.45, 2.75) is 12.5 Å². The molecule has 0 radical (unpaired) electrons. The Kier molecular flexibility index (Phi) is 6.07. The van der Waals surface area contributed by atoms with E-state index < -0.39 is 0 Å². The number of para-hydroxylation sites is 1. The lowest BCUT2D eigenvalue weighted by molar-refractivity contribution is 0.0920. The van der Waals surface area contributed by atoms with Gasteiger partial charge in [0.2, 0.25) is 0 Å². The summed E-state index contributed by atoms with van der Waals surface area (Å²) in [7, 11) is 3.83. The van der Waals surface area contributed by atoms with Crippen molar-refractivity contribution in [3.05, 3.63) is 88.2 Å². The van der Waals surface area contributed by atoms with E-state index in [1.54, 1.807) is 12.3 Å². The van der Waals surface area contributed by atoms with Gasteiger partial charge in [0.05, 0.1) is 18.3 Å². The van der Waals surface area contributed by atoms with Gasteiger partial charge in [0.1, 0.15) is 5.75 Å². The molecule has 172 valence electrons. The van der Waals surface area contributed by atoms with Gasteiger partial charge in [0, 0.05) is 53.1 Å². The van der Waals surface area contributed by atoms with Crippen molar-refractivity contribution >= 4 is 45.6 Å². The Morgan fingerprint density at radius 1 is 1.03 bits per heavy atom. The highest BCUT2D eigenvalue weighted by Gasteiger charge is 2.26. The number of amides is 1. The molecular formula is C27H23Cl2N3O2. The molecule has 0 bridgehead atoms. The fraction of sp³-hybridized carbons (Fsp3) is 0.185. The molecule has 4 aromatic rings. The maximum atomic E-state index is 13.5. The smallest absolute Gasteiger partial charge is 0.272 e. The molecule has 1 aliphatic rings. The number of hydrogen-bond acceptors (Lipinski definition) is 4. The molecule has 0 unspecified atom stereocenters. The van der Waals surface area contributed by atoms with E-state index in [0.717, 1.165) is 38.9 Å². The van der Waals surface area contributed by atoms with Crippen LogP contribution in [0.2, 0.25) is 10.0 Å². The number of benzene rings is 3. The lowest BCUT2D eigenvalue weighted by atomic mass is 9.97. The van der Waals surface area contributed by atoms with Crippen molar-refractivity contribution < 1.29 is 9.53 Å². The molecule has 0 aliphatic carbocycles. The number of nitrogens with one attached hydrogen (secondary N) is 1. The van der Waals surface area contributed by atoms with E-state index in [4.69, 9.17) is 27.9 Å². The fourth-order valence-corrected chi connectivity index (χ4v) is 5.05. The fourth-order valence-electron chi connectivity index (χ4n) is 4.53.